The molecule has 42 heavy (non-hydrogen) atoms. The number of halogens is 2. The predicted molar refractivity (Wildman–Crippen MR) is 154 cm³/mol. The minimum absolute atomic E-state index is 0.0299. The Labute approximate surface area is 243 Å². The summed E-state index contributed by atoms with van der Waals surface area (Å²) in [6.07, 6.45) is 4.05. The molecule has 0 radical (unpaired) electrons. The van der Waals surface area contributed by atoms with Gasteiger partial charge in [0.2, 0.25) is 0 Å². The molecule has 0 saturated carbocycles. The van der Waals surface area contributed by atoms with Gasteiger partial charge in [-0.3, -0.25) is 4.79 Å². The van der Waals surface area contributed by atoms with Crippen molar-refractivity contribution in [2.24, 2.45) is 0 Å². The van der Waals surface area contributed by atoms with Crippen LogP contribution in [0.15, 0.2) is 48.8 Å². The van der Waals surface area contributed by atoms with Gasteiger partial charge >= 0.3 is 6.03 Å². The van der Waals surface area contributed by atoms with Crippen molar-refractivity contribution in [3.8, 4) is 5.75 Å². The summed E-state index contributed by atoms with van der Waals surface area (Å²) in [5, 5.41) is 3.05. The molecular formula is C31H34F2N6O3. The van der Waals surface area contributed by atoms with Crippen LogP contribution in [0.25, 0.3) is 0 Å². The molecular weight excluding hydrogens is 542 g/mol. The number of alkyl halides is 2. The SMILES string of the molecule is COc1ccc2c(c1)CCN(C1CCN(c3cc(C(=O)N4CCc5c(cccc5C(C)(F)F)C4)ncn3)CC1)C(=O)N2. The standard InChI is InChI=1S/C31H34F2N6O3/c1-31(32,33)25-5-3-4-21-18-38(14-11-24(21)25)29(40)27-17-28(35-19-34-27)37-12-9-22(10-13-37)39-15-8-20-16-23(42-2)6-7-26(20)36-30(39)41/h3-7,16-17,19,22H,8-15,18H2,1-2H3,(H,36,41). The van der Waals surface area contributed by atoms with Crippen molar-refractivity contribution in [1.82, 2.24) is 19.8 Å². The van der Waals surface area contributed by atoms with Gasteiger partial charge in [0.25, 0.3) is 11.8 Å². The van der Waals surface area contributed by atoms with Crippen molar-refractivity contribution >= 4 is 23.4 Å². The number of hydrogen-bond donors (Lipinski definition) is 1. The number of piperidine rings is 1. The summed E-state index contributed by atoms with van der Waals surface area (Å²) in [7, 11) is 1.63. The molecule has 220 valence electrons. The minimum Gasteiger partial charge on any atom is -0.497 e. The topological polar surface area (TPSA) is 90.9 Å². The zero-order valence-electron chi connectivity index (χ0n) is 23.8. The van der Waals surface area contributed by atoms with E-state index in [1.165, 1.54) is 12.4 Å². The van der Waals surface area contributed by atoms with E-state index in [9.17, 15) is 18.4 Å². The second-order valence-corrected chi connectivity index (χ2v) is 11.2. The molecule has 0 bridgehead atoms. The molecule has 1 aromatic heterocycles. The van der Waals surface area contributed by atoms with Crippen LogP contribution in [-0.2, 0) is 25.3 Å². The summed E-state index contributed by atoms with van der Waals surface area (Å²) in [6, 6.07) is 12.3. The maximum Gasteiger partial charge on any atom is 0.322 e. The van der Waals surface area contributed by atoms with Crippen LogP contribution < -0.4 is 15.0 Å². The van der Waals surface area contributed by atoms with E-state index in [1.54, 1.807) is 30.2 Å². The van der Waals surface area contributed by atoms with Crippen LogP contribution in [0.4, 0.5) is 25.1 Å². The Bertz CT molecular complexity index is 1500. The molecule has 4 heterocycles. The smallest absolute Gasteiger partial charge is 0.322 e. The summed E-state index contributed by atoms with van der Waals surface area (Å²) >= 11 is 0. The van der Waals surface area contributed by atoms with Crippen LogP contribution in [0.1, 0.15) is 52.5 Å². The second-order valence-electron chi connectivity index (χ2n) is 11.2. The lowest BCUT2D eigenvalue weighted by molar-refractivity contribution is 0.0160. The first-order valence-electron chi connectivity index (χ1n) is 14.3. The van der Waals surface area contributed by atoms with Gasteiger partial charge in [0.1, 0.15) is 23.6 Å². The van der Waals surface area contributed by atoms with Gasteiger partial charge in [-0.2, -0.15) is 0 Å². The number of nitrogens with zero attached hydrogens (tertiary/aromatic N) is 5. The molecule has 0 atom stereocenters. The zero-order chi connectivity index (χ0) is 29.4. The normalized spacial score (nSPS) is 17.7. The summed E-state index contributed by atoms with van der Waals surface area (Å²) in [6.45, 7) is 3.51. The molecule has 3 amide bonds. The number of rotatable bonds is 5. The fraction of sp³-hybridized carbons (Fsp3) is 0.419. The van der Waals surface area contributed by atoms with Crippen molar-refractivity contribution in [2.45, 2.75) is 51.1 Å². The van der Waals surface area contributed by atoms with Crippen molar-refractivity contribution in [3.05, 3.63) is 76.7 Å². The van der Waals surface area contributed by atoms with Crippen LogP contribution in [0.2, 0.25) is 0 Å². The number of urea groups is 1. The Morgan fingerprint density at radius 2 is 1.83 bits per heavy atom. The molecule has 3 aromatic rings. The first kappa shape index (κ1) is 27.9. The third-order valence-electron chi connectivity index (χ3n) is 8.56. The molecule has 2 aromatic carbocycles. The maximum absolute atomic E-state index is 14.1. The number of aromatic nitrogens is 2. The fourth-order valence-corrected chi connectivity index (χ4v) is 6.30. The monoisotopic (exact) mass is 576 g/mol. The van der Waals surface area contributed by atoms with Gasteiger partial charge in [-0.25, -0.2) is 23.5 Å². The molecule has 1 fully saturated rings. The van der Waals surface area contributed by atoms with Gasteiger partial charge in [0.05, 0.1) is 7.11 Å². The number of carbonyl (C=O) groups is 2. The van der Waals surface area contributed by atoms with Crippen LogP contribution in [0, 0.1) is 0 Å². The molecule has 1 saturated heterocycles. The Balaban J connectivity index is 1.09. The Kier molecular flexibility index (Phi) is 7.42. The molecule has 0 unspecified atom stereocenters. The Morgan fingerprint density at radius 3 is 2.60 bits per heavy atom. The van der Waals surface area contributed by atoms with Crippen molar-refractivity contribution < 1.29 is 23.1 Å². The van der Waals surface area contributed by atoms with Crippen LogP contribution >= 0.6 is 0 Å². The highest BCUT2D eigenvalue weighted by Crippen LogP contribution is 2.34. The summed E-state index contributed by atoms with van der Waals surface area (Å²) in [5.74, 6) is -1.74. The number of anilines is 2. The maximum atomic E-state index is 14.1. The predicted octanol–water partition coefficient (Wildman–Crippen LogP) is 4.85. The first-order valence-corrected chi connectivity index (χ1v) is 14.3. The number of amides is 3. The molecule has 9 nitrogen and oxygen atoms in total. The van der Waals surface area contributed by atoms with Crippen molar-refractivity contribution in [1.29, 1.82) is 0 Å². The van der Waals surface area contributed by atoms with E-state index in [0.717, 1.165) is 48.8 Å². The average molecular weight is 577 g/mol. The van der Waals surface area contributed by atoms with Gasteiger partial charge < -0.3 is 24.8 Å². The number of hydrogen-bond acceptors (Lipinski definition) is 6. The van der Waals surface area contributed by atoms with Crippen molar-refractivity contribution in [2.75, 3.05) is 43.5 Å². The van der Waals surface area contributed by atoms with Gasteiger partial charge in [0, 0.05) is 63.0 Å². The Morgan fingerprint density at radius 1 is 1.02 bits per heavy atom. The summed E-state index contributed by atoms with van der Waals surface area (Å²) in [5.41, 5.74) is 3.55. The average Bonchev–Trinajstić information content (AvgIpc) is 3.17. The van der Waals surface area contributed by atoms with Crippen molar-refractivity contribution in [3.63, 3.8) is 0 Å². The van der Waals surface area contributed by atoms with Crippen LogP contribution in [0.5, 0.6) is 5.75 Å². The Hall–Kier alpha value is -4.28. The zero-order valence-corrected chi connectivity index (χ0v) is 23.8. The third-order valence-corrected chi connectivity index (χ3v) is 8.56. The number of benzene rings is 2. The number of methoxy groups -OCH3 is 1. The fourth-order valence-electron chi connectivity index (χ4n) is 6.30. The lowest BCUT2D eigenvalue weighted by Crippen LogP contribution is -2.49. The number of fused-ring (bicyclic) bond motifs is 2. The lowest BCUT2D eigenvalue weighted by atomic mass is 9.91. The quantitative estimate of drug-likeness (QED) is 0.467. The van der Waals surface area contributed by atoms with E-state index in [1.807, 2.05) is 23.1 Å². The van der Waals surface area contributed by atoms with Crippen LogP contribution in [0.3, 0.4) is 0 Å². The molecule has 1 N–H and O–H groups in total. The van der Waals surface area contributed by atoms with Gasteiger partial charge in [-0.15, -0.1) is 0 Å². The van der Waals surface area contributed by atoms with E-state index in [0.29, 0.717) is 44.0 Å². The number of ether oxygens (including phenoxy) is 1. The molecule has 0 spiro atoms. The highest BCUT2D eigenvalue weighted by atomic mass is 19.3. The highest BCUT2D eigenvalue weighted by Gasteiger charge is 2.33. The molecule has 3 aliphatic heterocycles. The molecule has 11 heteroatoms. The van der Waals surface area contributed by atoms with E-state index in [-0.39, 0.29) is 35.8 Å². The third kappa shape index (κ3) is 5.47. The van der Waals surface area contributed by atoms with E-state index < -0.39 is 5.92 Å². The number of carbonyl (C=O) groups excluding carboxylic acids is 2. The molecule has 6 rings (SSSR count). The first-order chi connectivity index (χ1) is 20.2. The second kappa shape index (κ2) is 11.2. The lowest BCUT2D eigenvalue weighted by Gasteiger charge is -2.38. The van der Waals surface area contributed by atoms with E-state index in [2.05, 4.69) is 20.2 Å². The minimum atomic E-state index is -2.93. The van der Waals surface area contributed by atoms with E-state index >= 15 is 0 Å². The summed E-state index contributed by atoms with van der Waals surface area (Å²) < 4.78 is 33.6. The molecule has 0 aliphatic carbocycles. The van der Waals surface area contributed by atoms with E-state index in [4.69, 9.17) is 4.74 Å². The highest BCUT2D eigenvalue weighted by molar-refractivity contribution is 5.93. The summed E-state index contributed by atoms with van der Waals surface area (Å²) in [4.78, 5) is 40.8. The molecule has 3 aliphatic rings. The van der Waals surface area contributed by atoms with Crippen LogP contribution in [-0.4, -0.2) is 71.0 Å². The van der Waals surface area contributed by atoms with Gasteiger partial charge in [-0.05, 0) is 60.6 Å². The number of nitrogens with one attached hydrogen (secondary N) is 1. The van der Waals surface area contributed by atoms with Gasteiger partial charge in [-0.1, -0.05) is 18.2 Å². The van der Waals surface area contributed by atoms with Gasteiger partial charge in [0.15, 0.2) is 0 Å². The largest absolute Gasteiger partial charge is 0.497 e.